The summed E-state index contributed by atoms with van der Waals surface area (Å²) < 4.78 is 88.9. The van der Waals surface area contributed by atoms with Crippen LogP contribution in [-0.2, 0) is 16.8 Å². The average molecular weight is 581 g/mol. The summed E-state index contributed by atoms with van der Waals surface area (Å²) >= 11 is -2.58. The fraction of sp³-hybridized carbons (Fsp3) is 0.423. The second kappa shape index (κ2) is 12.1. The zero-order chi connectivity index (χ0) is 28.3. The van der Waals surface area contributed by atoms with Gasteiger partial charge in [-0.25, -0.2) is 37.1 Å². The van der Waals surface area contributed by atoms with E-state index < -0.39 is 51.7 Å². The highest BCUT2D eigenvalue weighted by molar-refractivity contribution is 7.77. The number of aromatic nitrogens is 3. The fourth-order valence-electron chi connectivity index (χ4n) is 5.34. The van der Waals surface area contributed by atoms with Crippen molar-refractivity contribution < 1.29 is 31.1 Å². The first-order valence-electron chi connectivity index (χ1n) is 12.9. The number of ether oxygens (including phenoxy) is 1. The maximum absolute atomic E-state index is 15.4. The molecule has 214 valence electrons. The molecule has 1 saturated carbocycles. The van der Waals surface area contributed by atoms with Gasteiger partial charge in [0.1, 0.15) is 12.0 Å². The van der Waals surface area contributed by atoms with E-state index in [4.69, 9.17) is 4.74 Å². The van der Waals surface area contributed by atoms with Gasteiger partial charge in [0.2, 0.25) is 28.9 Å². The number of anilines is 1. The molecule has 1 aromatic carbocycles. The summed E-state index contributed by atoms with van der Waals surface area (Å²) in [6.45, 7) is 0.819. The third-order valence-corrected chi connectivity index (χ3v) is 7.70. The second-order valence-corrected chi connectivity index (χ2v) is 10.6. The molecular weight excluding hydrogens is 552 g/mol. The average Bonchev–Trinajstić information content (AvgIpc) is 2.92. The van der Waals surface area contributed by atoms with E-state index in [1.54, 1.807) is 18.2 Å². The highest BCUT2D eigenvalue weighted by Crippen LogP contribution is 2.43. The molecule has 3 heterocycles. The molecule has 2 fully saturated rings. The SMILES string of the molecule is O=S(O)NC1(c2c(F)cc(Oc3ncccc3-c3ccnc(N[C@@H]4CNC[C@@H](F)C4)n3)c(F)c2F)CCCCC1. The van der Waals surface area contributed by atoms with Crippen LogP contribution >= 0.6 is 0 Å². The minimum atomic E-state index is -2.58. The predicted octanol–water partition coefficient (Wildman–Crippen LogP) is 4.75. The lowest BCUT2D eigenvalue weighted by molar-refractivity contribution is 0.249. The van der Waals surface area contributed by atoms with E-state index in [9.17, 15) is 13.2 Å². The summed E-state index contributed by atoms with van der Waals surface area (Å²) in [5, 5.41) is 6.07. The summed E-state index contributed by atoms with van der Waals surface area (Å²) in [4.78, 5) is 12.7. The number of piperidine rings is 1. The van der Waals surface area contributed by atoms with Gasteiger partial charge in [0.15, 0.2) is 11.6 Å². The third kappa shape index (κ3) is 6.09. The zero-order valence-corrected chi connectivity index (χ0v) is 22.1. The Morgan fingerprint density at radius 1 is 1.07 bits per heavy atom. The summed E-state index contributed by atoms with van der Waals surface area (Å²) in [7, 11) is 0. The van der Waals surface area contributed by atoms with Crippen molar-refractivity contribution in [1.82, 2.24) is 25.0 Å². The number of rotatable bonds is 8. The first-order chi connectivity index (χ1) is 19.3. The zero-order valence-electron chi connectivity index (χ0n) is 21.3. The number of nitrogens with zero attached hydrogens (tertiary/aromatic N) is 3. The Morgan fingerprint density at radius 2 is 1.88 bits per heavy atom. The van der Waals surface area contributed by atoms with Gasteiger partial charge in [-0.05, 0) is 31.0 Å². The molecule has 3 aromatic rings. The summed E-state index contributed by atoms with van der Waals surface area (Å²) in [6.07, 6.45) is 4.32. The van der Waals surface area contributed by atoms with Crippen LogP contribution in [0.2, 0.25) is 0 Å². The van der Waals surface area contributed by atoms with Crippen LogP contribution in [0.25, 0.3) is 11.3 Å². The number of pyridine rings is 1. The maximum atomic E-state index is 15.4. The second-order valence-electron chi connectivity index (χ2n) is 9.91. The van der Waals surface area contributed by atoms with E-state index in [2.05, 4.69) is 30.3 Å². The van der Waals surface area contributed by atoms with E-state index >= 15 is 13.2 Å². The largest absolute Gasteiger partial charge is 0.435 e. The summed E-state index contributed by atoms with van der Waals surface area (Å²) in [6, 6.07) is 5.21. The van der Waals surface area contributed by atoms with Gasteiger partial charge in [-0.3, -0.25) is 4.55 Å². The molecule has 5 rings (SSSR count). The van der Waals surface area contributed by atoms with Crippen LogP contribution in [0.3, 0.4) is 0 Å². The van der Waals surface area contributed by atoms with Crippen LogP contribution < -0.4 is 20.1 Å². The molecule has 0 spiro atoms. The van der Waals surface area contributed by atoms with Crippen LogP contribution in [0.1, 0.15) is 44.1 Å². The van der Waals surface area contributed by atoms with Crippen LogP contribution in [0.4, 0.5) is 23.5 Å². The third-order valence-electron chi connectivity index (χ3n) is 7.13. The van der Waals surface area contributed by atoms with Gasteiger partial charge in [-0.1, -0.05) is 19.3 Å². The molecule has 40 heavy (non-hydrogen) atoms. The minimum Gasteiger partial charge on any atom is -0.435 e. The van der Waals surface area contributed by atoms with Gasteiger partial charge in [-0.2, -0.15) is 4.39 Å². The Balaban J connectivity index is 1.45. The Kier molecular flexibility index (Phi) is 8.59. The molecular formula is C26H28F4N6O3S. The van der Waals surface area contributed by atoms with Crippen molar-refractivity contribution in [2.75, 3.05) is 18.4 Å². The molecule has 0 radical (unpaired) electrons. The minimum absolute atomic E-state index is 0.157. The number of benzene rings is 1. The molecule has 2 aromatic heterocycles. The quantitative estimate of drug-likeness (QED) is 0.171. The van der Waals surface area contributed by atoms with E-state index in [0.29, 0.717) is 43.1 Å². The Bertz CT molecular complexity index is 1390. The van der Waals surface area contributed by atoms with Gasteiger partial charge in [-0.15, -0.1) is 0 Å². The highest BCUT2D eigenvalue weighted by Gasteiger charge is 2.41. The normalized spacial score (nSPS) is 21.5. The highest BCUT2D eigenvalue weighted by atomic mass is 32.2. The molecule has 1 aliphatic carbocycles. The van der Waals surface area contributed by atoms with Crippen molar-refractivity contribution >= 4 is 17.2 Å². The van der Waals surface area contributed by atoms with Gasteiger partial charge < -0.3 is 15.4 Å². The number of alkyl halides is 1. The molecule has 1 saturated heterocycles. The van der Waals surface area contributed by atoms with Crippen molar-refractivity contribution in [3.8, 4) is 22.9 Å². The van der Waals surface area contributed by atoms with E-state index in [-0.39, 0.29) is 37.3 Å². The van der Waals surface area contributed by atoms with Crippen molar-refractivity contribution in [1.29, 1.82) is 0 Å². The van der Waals surface area contributed by atoms with E-state index in [1.807, 2.05) is 0 Å². The molecule has 1 aliphatic heterocycles. The molecule has 0 amide bonds. The Labute approximate surface area is 230 Å². The molecule has 4 N–H and O–H groups in total. The fourth-order valence-corrected chi connectivity index (χ4v) is 5.98. The van der Waals surface area contributed by atoms with Crippen LogP contribution in [0.5, 0.6) is 11.6 Å². The number of hydrogen-bond donors (Lipinski definition) is 4. The monoisotopic (exact) mass is 580 g/mol. The van der Waals surface area contributed by atoms with Gasteiger partial charge in [0.05, 0.1) is 16.8 Å². The van der Waals surface area contributed by atoms with Gasteiger partial charge in [0, 0.05) is 49.6 Å². The first kappa shape index (κ1) is 28.3. The number of halogens is 4. The maximum Gasteiger partial charge on any atom is 0.232 e. The Morgan fingerprint density at radius 3 is 2.62 bits per heavy atom. The van der Waals surface area contributed by atoms with Crippen molar-refractivity contribution in [2.24, 2.45) is 0 Å². The van der Waals surface area contributed by atoms with Crippen LogP contribution in [0, 0.1) is 17.5 Å². The molecule has 9 nitrogen and oxygen atoms in total. The van der Waals surface area contributed by atoms with Gasteiger partial charge in [0.25, 0.3) is 0 Å². The summed E-state index contributed by atoms with van der Waals surface area (Å²) in [5.74, 6) is -4.77. The van der Waals surface area contributed by atoms with E-state index in [1.165, 1.54) is 12.4 Å². The predicted molar refractivity (Wildman–Crippen MR) is 140 cm³/mol. The lowest BCUT2D eigenvalue weighted by Gasteiger charge is -2.37. The molecule has 14 heteroatoms. The Hall–Kier alpha value is -3.20. The van der Waals surface area contributed by atoms with Gasteiger partial charge >= 0.3 is 0 Å². The van der Waals surface area contributed by atoms with Crippen molar-refractivity contribution in [2.45, 2.75) is 56.3 Å². The van der Waals surface area contributed by atoms with Crippen molar-refractivity contribution in [3.05, 3.63) is 59.7 Å². The van der Waals surface area contributed by atoms with E-state index in [0.717, 1.165) is 6.42 Å². The summed E-state index contributed by atoms with van der Waals surface area (Å²) in [5.41, 5.74) is -1.56. The topological polar surface area (TPSA) is 121 Å². The van der Waals surface area contributed by atoms with Crippen LogP contribution in [-0.4, -0.2) is 49.0 Å². The first-order valence-corrected chi connectivity index (χ1v) is 14.0. The lowest BCUT2D eigenvalue weighted by Crippen LogP contribution is -2.46. The smallest absolute Gasteiger partial charge is 0.232 e. The molecule has 2 aliphatic rings. The number of nitrogens with one attached hydrogen (secondary N) is 3. The van der Waals surface area contributed by atoms with Crippen LogP contribution in [0.15, 0.2) is 36.7 Å². The molecule has 1 unspecified atom stereocenters. The standard InChI is InChI=1S/C26H28F4N6O3S/c27-15-11-16(14-31-13-15)34-25-33-10-6-19(35-25)17-5-4-9-32-24(17)39-20-12-18(28)21(23(30)22(20)29)26(36-40(37)38)7-2-1-3-8-26/h4-6,9-10,12,15-16,31,36H,1-3,7-8,11,13-14H2,(H,37,38)(H,33,34,35)/t15-,16-/m0/s1. The molecule has 0 bridgehead atoms. The van der Waals surface area contributed by atoms with Crippen molar-refractivity contribution in [3.63, 3.8) is 0 Å². The lowest BCUT2D eigenvalue weighted by atomic mass is 9.77. The number of hydrogen-bond acceptors (Lipinski definition) is 7. The molecule has 3 atom stereocenters.